The summed E-state index contributed by atoms with van der Waals surface area (Å²) < 4.78 is 16.2. The van der Waals surface area contributed by atoms with Crippen LogP contribution < -0.4 is 0 Å². The molecule has 0 radical (unpaired) electrons. The molecule has 1 saturated heterocycles. The standard InChI is InChI=1S/C12H22O4.2C2H6/c1-6-11(2,3)10(13)14-7-9-8-15-12(4,5)16-9;2*1-2/h9H,6-8H2,1-5H3;2*1-2H3. The van der Waals surface area contributed by atoms with Crippen molar-refractivity contribution in [3.05, 3.63) is 0 Å². The van der Waals surface area contributed by atoms with E-state index < -0.39 is 11.2 Å². The lowest BCUT2D eigenvalue weighted by molar-refractivity contribution is -0.165. The fourth-order valence-corrected chi connectivity index (χ4v) is 1.35. The van der Waals surface area contributed by atoms with Gasteiger partial charge in [-0.3, -0.25) is 4.79 Å². The van der Waals surface area contributed by atoms with E-state index in [0.717, 1.165) is 6.42 Å². The van der Waals surface area contributed by atoms with Gasteiger partial charge in [0.15, 0.2) is 5.79 Å². The first-order valence-electron chi connectivity index (χ1n) is 7.76. The molecule has 0 N–H and O–H groups in total. The van der Waals surface area contributed by atoms with Crippen molar-refractivity contribution in [2.45, 2.75) is 80.6 Å². The van der Waals surface area contributed by atoms with Gasteiger partial charge in [0.05, 0.1) is 12.0 Å². The van der Waals surface area contributed by atoms with Gasteiger partial charge in [0.25, 0.3) is 0 Å². The van der Waals surface area contributed by atoms with Crippen LogP contribution in [-0.4, -0.2) is 31.1 Å². The van der Waals surface area contributed by atoms with E-state index in [1.165, 1.54) is 0 Å². The van der Waals surface area contributed by atoms with Crippen LogP contribution in [0.4, 0.5) is 0 Å². The maximum absolute atomic E-state index is 11.7. The third-order valence-electron chi connectivity index (χ3n) is 2.90. The van der Waals surface area contributed by atoms with Crippen molar-refractivity contribution in [3.63, 3.8) is 0 Å². The molecule has 0 spiro atoms. The third-order valence-corrected chi connectivity index (χ3v) is 2.90. The Morgan fingerprint density at radius 3 is 2.10 bits per heavy atom. The summed E-state index contributed by atoms with van der Waals surface area (Å²) in [4.78, 5) is 11.7. The van der Waals surface area contributed by atoms with Crippen LogP contribution >= 0.6 is 0 Å². The second-order valence-electron chi connectivity index (χ2n) is 5.29. The van der Waals surface area contributed by atoms with E-state index in [9.17, 15) is 4.79 Å². The minimum absolute atomic E-state index is 0.147. The Balaban J connectivity index is 0. The van der Waals surface area contributed by atoms with Crippen LogP contribution in [-0.2, 0) is 19.0 Å². The maximum atomic E-state index is 11.7. The molecule has 0 aromatic heterocycles. The van der Waals surface area contributed by atoms with Gasteiger partial charge in [-0.25, -0.2) is 0 Å². The predicted molar refractivity (Wildman–Crippen MR) is 82.6 cm³/mol. The van der Waals surface area contributed by atoms with E-state index in [4.69, 9.17) is 14.2 Å². The predicted octanol–water partition coefficient (Wildman–Crippen LogP) is 4.17. The summed E-state index contributed by atoms with van der Waals surface area (Å²) in [5.41, 5.74) is -0.422. The molecule has 1 unspecified atom stereocenters. The van der Waals surface area contributed by atoms with Crippen LogP contribution in [0.15, 0.2) is 0 Å². The number of carbonyl (C=O) groups excluding carboxylic acids is 1. The number of esters is 1. The van der Waals surface area contributed by atoms with Gasteiger partial charge in [0.1, 0.15) is 12.7 Å². The zero-order valence-corrected chi connectivity index (χ0v) is 14.8. The average Bonchev–Trinajstić information content (AvgIpc) is 2.80. The molecule has 1 aliphatic heterocycles. The summed E-state index contributed by atoms with van der Waals surface area (Å²) in [5, 5.41) is 0. The average molecular weight is 290 g/mol. The summed E-state index contributed by atoms with van der Waals surface area (Å²) in [5.74, 6) is -0.736. The maximum Gasteiger partial charge on any atom is 0.311 e. The topological polar surface area (TPSA) is 44.8 Å². The largest absolute Gasteiger partial charge is 0.462 e. The van der Waals surface area contributed by atoms with Gasteiger partial charge in [0, 0.05) is 0 Å². The smallest absolute Gasteiger partial charge is 0.311 e. The van der Waals surface area contributed by atoms with E-state index in [2.05, 4.69) is 0 Å². The molecule has 0 bridgehead atoms. The molecular formula is C16H34O4. The van der Waals surface area contributed by atoms with Crippen LogP contribution in [0.3, 0.4) is 0 Å². The van der Waals surface area contributed by atoms with Crippen molar-refractivity contribution >= 4 is 5.97 Å². The van der Waals surface area contributed by atoms with Crippen LogP contribution in [0.5, 0.6) is 0 Å². The second-order valence-corrected chi connectivity index (χ2v) is 5.29. The van der Waals surface area contributed by atoms with Crippen molar-refractivity contribution in [3.8, 4) is 0 Å². The molecule has 1 aliphatic rings. The molecule has 1 atom stereocenters. The number of ether oxygens (including phenoxy) is 3. The number of hydrogen-bond acceptors (Lipinski definition) is 4. The van der Waals surface area contributed by atoms with E-state index in [0.29, 0.717) is 6.61 Å². The molecule has 0 amide bonds. The number of hydrogen-bond donors (Lipinski definition) is 0. The molecule has 0 aromatic rings. The van der Waals surface area contributed by atoms with E-state index >= 15 is 0 Å². The van der Waals surface area contributed by atoms with E-state index in [1.807, 2.05) is 62.3 Å². The van der Waals surface area contributed by atoms with Crippen molar-refractivity contribution in [1.29, 1.82) is 0 Å². The molecule has 4 nitrogen and oxygen atoms in total. The molecule has 1 fully saturated rings. The van der Waals surface area contributed by atoms with Gasteiger partial charge in [0.2, 0.25) is 0 Å². The summed E-state index contributed by atoms with van der Waals surface area (Å²) in [7, 11) is 0. The van der Waals surface area contributed by atoms with Crippen molar-refractivity contribution < 1.29 is 19.0 Å². The van der Waals surface area contributed by atoms with Gasteiger partial charge in [-0.2, -0.15) is 0 Å². The highest BCUT2D eigenvalue weighted by Crippen LogP contribution is 2.24. The minimum atomic E-state index is -0.558. The molecule has 0 aromatic carbocycles. The molecule has 4 heteroatoms. The van der Waals surface area contributed by atoms with Crippen molar-refractivity contribution in [2.75, 3.05) is 13.2 Å². The highest BCUT2D eigenvalue weighted by Gasteiger charge is 2.34. The summed E-state index contributed by atoms with van der Waals surface area (Å²) >= 11 is 0. The Labute approximate surface area is 125 Å². The monoisotopic (exact) mass is 290 g/mol. The highest BCUT2D eigenvalue weighted by molar-refractivity contribution is 5.75. The number of carbonyl (C=O) groups is 1. The fourth-order valence-electron chi connectivity index (χ4n) is 1.35. The van der Waals surface area contributed by atoms with Crippen molar-refractivity contribution in [2.24, 2.45) is 5.41 Å². The Bertz CT molecular complexity index is 259. The Morgan fingerprint density at radius 1 is 1.25 bits per heavy atom. The fraction of sp³-hybridized carbons (Fsp3) is 0.938. The molecule has 0 saturated carbocycles. The normalized spacial score (nSPS) is 20.1. The van der Waals surface area contributed by atoms with Gasteiger partial charge in [-0.05, 0) is 34.1 Å². The van der Waals surface area contributed by atoms with E-state index in [1.54, 1.807) is 0 Å². The van der Waals surface area contributed by atoms with E-state index in [-0.39, 0.29) is 18.7 Å². The molecule has 0 aliphatic carbocycles. The molecule has 1 rings (SSSR count). The first-order valence-corrected chi connectivity index (χ1v) is 7.76. The summed E-state index contributed by atoms with van der Waals surface area (Å²) in [6.45, 7) is 18.2. The van der Waals surface area contributed by atoms with Crippen LogP contribution in [0.1, 0.15) is 68.7 Å². The Hall–Kier alpha value is -0.610. The zero-order chi connectivity index (χ0) is 16.4. The highest BCUT2D eigenvalue weighted by atomic mass is 16.7. The SMILES string of the molecule is CC.CC.CCC(C)(C)C(=O)OCC1COC(C)(C)O1. The van der Waals surface area contributed by atoms with Gasteiger partial charge < -0.3 is 14.2 Å². The number of rotatable bonds is 4. The molecule has 1 heterocycles. The summed E-state index contributed by atoms with van der Waals surface area (Å²) in [6, 6.07) is 0. The molecule has 20 heavy (non-hydrogen) atoms. The molecular weight excluding hydrogens is 256 g/mol. The quantitative estimate of drug-likeness (QED) is 0.729. The lowest BCUT2D eigenvalue weighted by Gasteiger charge is -2.22. The third kappa shape index (κ3) is 7.85. The minimum Gasteiger partial charge on any atom is -0.462 e. The van der Waals surface area contributed by atoms with Gasteiger partial charge >= 0.3 is 5.97 Å². The van der Waals surface area contributed by atoms with Crippen LogP contribution in [0, 0.1) is 5.41 Å². The summed E-state index contributed by atoms with van der Waals surface area (Å²) in [6.07, 6.45) is 0.617. The lowest BCUT2D eigenvalue weighted by Crippen LogP contribution is -2.30. The van der Waals surface area contributed by atoms with Crippen LogP contribution in [0.2, 0.25) is 0 Å². The first kappa shape index (κ1) is 21.7. The van der Waals surface area contributed by atoms with Crippen LogP contribution in [0.25, 0.3) is 0 Å². The lowest BCUT2D eigenvalue weighted by atomic mass is 9.91. The van der Waals surface area contributed by atoms with Gasteiger partial charge in [-0.15, -0.1) is 0 Å². The second kappa shape index (κ2) is 10.2. The van der Waals surface area contributed by atoms with Crippen molar-refractivity contribution in [1.82, 2.24) is 0 Å². The Kier molecular flexibility index (Phi) is 11.0. The zero-order valence-electron chi connectivity index (χ0n) is 14.8. The van der Waals surface area contributed by atoms with Gasteiger partial charge in [-0.1, -0.05) is 34.6 Å². The first-order chi connectivity index (χ1) is 9.27. The Morgan fingerprint density at radius 2 is 1.75 bits per heavy atom. The molecule has 122 valence electrons.